The molecule has 1 atom stereocenters. The third-order valence-corrected chi connectivity index (χ3v) is 5.15. The first-order chi connectivity index (χ1) is 7.86. The molecule has 0 bridgehead atoms. The number of hydrogen-bond donors (Lipinski definition) is 2. The van der Waals surface area contributed by atoms with E-state index in [0.717, 1.165) is 11.9 Å². The van der Waals surface area contributed by atoms with Gasteiger partial charge in [-0.3, -0.25) is 4.72 Å². The van der Waals surface area contributed by atoms with Gasteiger partial charge in [0, 0.05) is 6.54 Å². The molecule has 0 saturated heterocycles. The van der Waals surface area contributed by atoms with Gasteiger partial charge in [-0.15, -0.1) is 0 Å². The highest BCUT2D eigenvalue weighted by atomic mass is 35.5. The lowest BCUT2D eigenvalue weighted by Gasteiger charge is -2.12. The van der Waals surface area contributed by atoms with Crippen LogP contribution in [-0.4, -0.2) is 17.8 Å². The molecule has 1 rings (SSSR count). The molecule has 0 aliphatic carbocycles. The molecule has 8 heteroatoms. The molecule has 0 aromatic heterocycles. The van der Waals surface area contributed by atoms with E-state index < -0.39 is 6.10 Å². The van der Waals surface area contributed by atoms with Gasteiger partial charge >= 0.3 is 0 Å². The first-order valence-electron chi connectivity index (χ1n) is 4.45. The van der Waals surface area contributed by atoms with E-state index in [4.69, 9.17) is 63.1 Å². The molecule has 2 N–H and O–H groups in total. The fraction of sp³-hybridized carbons (Fsp3) is 0.333. The van der Waals surface area contributed by atoms with Gasteiger partial charge in [-0.25, -0.2) is 0 Å². The molecular weight excluding hydrogens is 347 g/mol. The van der Waals surface area contributed by atoms with Crippen molar-refractivity contribution in [3.63, 3.8) is 0 Å². The van der Waals surface area contributed by atoms with Gasteiger partial charge in [-0.2, -0.15) is 0 Å². The molecule has 1 aromatic rings. The summed E-state index contributed by atoms with van der Waals surface area (Å²) in [4.78, 5) is 0.480. The quantitative estimate of drug-likeness (QED) is 0.456. The second kappa shape index (κ2) is 6.92. The molecule has 2 nitrogen and oxygen atoms in total. The molecule has 0 amide bonds. The largest absolute Gasteiger partial charge is 0.392 e. The molecule has 0 saturated carbocycles. The van der Waals surface area contributed by atoms with Crippen molar-refractivity contribution in [3.05, 3.63) is 25.1 Å². The first-order valence-corrected chi connectivity index (χ1v) is 7.16. The van der Waals surface area contributed by atoms with Crippen LogP contribution < -0.4 is 4.72 Å². The number of aliphatic hydroxyl groups excluding tert-OH is 1. The number of aliphatic hydroxyl groups is 1. The highest BCUT2D eigenvalue weighted by molar-refractivity contribution is 7.97. The minimum Gasteiger partial charge on any atom is -0.392 e. The normalized spacial score (nSPS) is 12.9. The van der Waals surface area contributed by atoms with Crippen molar-refractivity contribution in [2.45, 2.75) is 17.9 Å². The molecule has 0 spiro atoms. The van der Waals surface area contributed by atoms with Crippen molar-refractivity contribution in [2.75, 3.05) is 6.54 Å². The Morgan fingerprint density at radius 3 is 1.82 bits per heavy atom. The van der Waals surface area contributed by atoms with Crippen LogP contribution >= 0.6 is 70.0 Å². The molecule has 1 unspecified atom stereocenters. The van der Waals surface area contributed by atoms with Crippen molar-refractivity contribution in [3.8, 4) is 0 Å². The summed E-state index contributed by atoms with van der Waals surface area (Å²) >= 11 is 30.8. The van der Waals surface area contributed by atoms with Crippen molar-refractivity contribution in [1.29, 1.82) is 0 Å². The SMILES string of the molecule is CC(O)CNSc1c(Cl)c(Cl)c(Cl)c(Cl)c1Cl. The second-order valence-corrected chi connectivity index (χ2v) is 5.99. The maximum atomic E-state index is 9.11. The smallest absolute Gasteiger partial charge is 0.0809 e. The van der Waals surface area contributed by atoms with Crippen LogP contribution in [-0.2, 0) is 0 Å². The Morgan fingerprint density at radius 1 is 1.00 bits per heavy atom. The highest BCUT2D eigenvalue weighted by Crippen LogP contribution is 2.47. The van der Waals surface area contributed by atoms with Gasteiger partial charge < -0.3 is 5.11 Å². The second-order valence-electron chi connectivity index (χ2n) is 3.20. The number of nitrogens with one attached hydrogen (secondary N) is 1. The van der Waals surface area contributed by atoms with Gasteiger partial charge in [0.25, 0.3) is 0 Å². The molecule has 17 heavy (non-hydrogen) atoms. The summed E-state index contributed by atoms with van der Waals surface area (Å²) in [6.07, 6.45) is -0.488. The Bertz CT molecular complexity index is 397. The molecule has 0 radical (unpaired) electrons. The molecule has 0 aliphatic rings. The lowest BCUT2D eigenvalue weighted by molar-refractivity contribution is 0.200. The van der Waals surface area contributed by atoms with Gasteiger partial charge in [0.2, 0.25) is 0 Å². The van der Waals surface area contributed by atoms with Crippen LogP contribution in [0.4, 0.5) is 0 Å². The fourth-order valence-corrected chi connectivity index (χ4v) is 3.24. The van der Waals surface area contributed by atoms with E-state index in [2.05, 4.69) is 4.72 Å². The Kier molecular flexibility index (Phi) is 6.51. The Morgan fingerprint density at radius 2 is 1.41 bits per heavy atom. The zero-order chi connectivity index (χ0) is 13.2. The van der Waals surface area contributed by atoms with E-state index in [1.165, 1.54) is 0 Å². The summed E-state index contributed by atoms with van der Waals surface area (Å²) in [7, 11) is 0. The third-order valence-electron chi connectivity index (χ3n) is 1.72. The monoisotopic (exact) mass is 353 g/mol. The van der Waals surface area contributed by atoms with Gasteiger partial charge in [0.05, 0.1) is 36.1 Å². The van der Waals surface area contributed by atoms with Gasteiger partial charge in [0.15, 0.2) is 0 Å². The van der Waals surface area contributed by atoms with Crippen LogP contribution in [0.1, 0.15) is 6.92 Å². The zero-order valence-electron chi connectivity index (χ0n) is 8.53. The van der Waals surface area contributed by atoms with Crippen molar-refractivity contribution in [1.82, 2.24) is 4.72 Å². The minimum atomic E-state index is -0.488. The van der Waals surface area contributed by atoms with E-state index in [1.807, 2.05) is 0 Å². The molecular formula is C9H8Cl5NOS. The minimum absolute atomic E-state index is 0.128. The topological polar surface area (TPSA) is 32.3 Å². The number of hydrogen-bond acceptors (Lipinski definition) is 3. The molecule has 96 valence electrons. The van der Waals surface area contributed by atoms with Gasteiger partial charge in [0.1, 0.15) is 0 Å². The third kappa shape index (κ3) is 3.95. The lowest BCUT2D eigenvalue weighted by Crippen LogP contribution is -2.18. The fourth-order valence-electron chi connectivity index (χ4n) is 0.909. The predicted octanol–water partition coefficient (Wildman–Crippen LogP) is 4.93. The van der Waals surface area contributed by atoms with Crippen LogP contribution in [0.15, 0.2) is 4.90 Å². The van der Waals surface area contributed by atoms with Crippen LogP contribution in [0, 0.1) is 0 Å². The first kappa shape index (κ1) is 16.0. The highest BCUT2D eigenvalue weighted by Gasteiger charge is 2.19. The van der Waals surface area contributed by atoms with E-state index in [9.17, 15) is 0 Å². The molecule has 1 aromatic carbocycles. The van der Waals surface area contributed by atoms with Crippen molar-refractivity contribution in [2.24, 2.45) is 0 Å². The predicted molar refractivity (Wildman–Crippen MR) is 77.0 cm³/mol. The van der Waals surface area contributed by atoms with E-state index >= 15 is 0 Å². The number of halogens is 5. The summed E-state index contributed by atoms with van der Waals surface area (Å²) in [5.41, 5.74) is 0. The van der Waals surface area contributed by atoms with Crippen LogP contribution in [0.25, 0.3) is 0 Å². The van der Waals surface area contributed by atoms with Crippen molar-refractivity contribution < 1.29 is 5.11 Å². The van der Waals surface area contributed by atoms with Crippen LogP contribution in [0.5, 0.6) is 0 Å². The van der Waals surface area contributed by atoms with E-state index in [1.54, 1.807) is 6.92 Å². The van der Waals surface area contributed by atoms with E-state index in [-0.39, 0.29) is 25.1 Å². The van der Waals surface area contributed by atoms with Crippen LogP contribution in [0.2, 0.25) is 25.1 Å². The van der Waals surface area contributed by atoms with Crippen molar-refractivity contribution >= 4 is 70.0 Å². The summed E-state index contributed by atoms with van der Waals surface area (Å²) in [6, 6.07) is 0. The summed E-state index contributed by atoms with van der Waals surface area (Å²) in [5, 5.41) is 10.0. The molecule has 0 aliphatic heterocycles. The molecule has 0 heterocycles. The van der Waals surface area contributed by atoms with Gasteiger partial charge in [-0.1, -0.05) is 58.0 Å². The maximum absolute atomic E-state index is 9.11. The van der Waals surface area contributed by atoms with Crippen LogP contribution in [0.3, 0.4) is 0 Å². The Balaban J connectivity index is 2.99. The summed E-state index contributed by atoms with van der Waals surface area (Å²) in [5.74, 6) is 0. The molecule has 0 fully saturated rings. The average molecular weight is 356 g/mol. The van der Waals surface area contributed by atoms with Gasteiger partial charge in [-0.05, 0) is 18.9 Å². The maximum Gasteiger partial charge on any atom is 0.0809 e. The zero-order valence-corrected chi connectivity index (χ0v) is 13.1. The average Bonchev–Trinajstić information content (AvgIpc) is 2.28. The summed E-state index contributed by atoms with van der Waals surface area (Å²) in [6.45, 7) is 2.02. The Labute approximate surface area is 129 Å². The number of benzene rings is 1. The lowest BCUT2D eigenvalue weighted by atomic mass is 10.3. The Hall–Kier alpha value is 0.940. The standard InChI is InChI=1S/C9H8Cl5NOS/c1-3(16)2-15-17-9-7(13)5(11)4(10)6(12)8(9)14/h3,15-16H,2H2,1H3. The summed E-state index contributed by atoms with van der Waals surface area (Å²) < 4.78 is 2.89. The van der Waals surface area contributed by atoms with E-state index in [0.29, 0.717) is 11.4 Å². The number of rotatable bonds is 4.